The monoisotopic (exact) mass is 296 g/mol. The van der Waals surface area contributed by atoms with E-state index in [0.29, 0.717) is 24.0 Å². The Bertz CT molecular complexity index is 436. The number of piperidine rings is 1. The third-order valence-electron chi connectivity index (χ3n) is 3.54. The van der Waals surface area contributed by atoms with Gasteiger partial charge in [-0.15, -0.1) is 0 Å². The molecule has 2 rings (SSSR count). The highest BCUT2D eigenvalue weighted by Crippen LogP contribution is 2.15. The molecular formula is C15H21ClN2O2. The number of rotatable bonds is 5. The van der Waals surface area contributed by atoms with Crippen LogP contribution in [0.2, 0.25) is 5.02 Å². The zero-order chi connectivity index (χ0) is 14.4. The molecule has 1 aliphatic rings. The average Bonchev–Trinajstić information content (AvgIpc) is 2.44. The summed E-state index contributed by atoms with van der Waals surface area (Å²) in [5, 5.41) is 7.08. The minimum Gasteiger partial charge on any atom is -0.493 e. The highest BCUT2D eigenvalue weighted by Gasteiger charge is 2.22. The molecule has 1 aromatic carbocycles. The van der Waals surface area contributed by atoms with Gasteiger partial charge in [0, 0.05) is 11.1 Å². The topological polar surface area (TPSA) is 50.4 Å². The standard InChI is InChI=1S/C15H21ClN2O2/c1-11-10-17-8-6-14(11)18-15(19)7-9-20-13-4-2-12(16)3-5-13/h2-5,11,14,17H,6-10H2,1H3,(H,18,19). The number of halogens is 1. The Kier molecular flexibility index (Phi) is 5.68. The Morgan fingerprint density at radius 3 is 2.90 bits per heavy atom. The van der Waals surface area contributed by atoms with Crippen molar-refractivity contribution >= 4 is 17.5 Å². The number of carbonyl (C=O) groups excluding carboxylic acids is 1. The number of carbonyl (C=O) groups is 1. The number of amides is 1. The maximum Gasteiger partial charge on any atom is 0.223 e. The van der Waals surface area contributed by atoms with E-state index in [2.05, 4.69) is 17.6 Å². The van der Waals surface area contributed by atoms with Crippen molar-refractivity contribution in [3.63, 3.8) is 0 Å². The first kappa shape index (κ1) is 15.1. The van der Waals surface area contributed by atoms with Gasteiger partial charge < -0.3 is 15.4 Å². The van der Waals surface area contributed by atoms with Crippen LogP contribution in [0.3, 0.4) is 0 Å². The van der Waals surface area contributed by atoms with E-state index in [1.54, 1.807) is 24.3 Å². The number of nitrogens with one attached hydrogen (secondary N) is 2. The van der Waals surface area contributed by atoms with Gasteiger partial charge in [0.15, 0.2) is 0 Å². The summed E-state index contributed by atoms with van der Waals surface area (Å²) < 4.78 is 5.52. The SMILES string of the molecule is CC1CNCCC1NC(=O)CCOc1ccc(Cl)cc1. The van der Waals surface area contributed by atoms with Gasteiger partial charge in [-0.1, -0.05) is 18.5 Å². The minimum absolute atomic E-state index is 0.0534. The summed E-state index contributed by atoms with van der Waals surface area (Å²) in [7, 11) is 0. The Balaban J connectivity index is 1.68. The molecule has 0 spiro atoms. The lowest BCUT2D eigenvalue weighted by atomic mass is 9.95. The molecule has 0 aromatic heterocycles. The van der Waals surface area contributed by atoms with Crippen LogP contribution < -0.4 is 15.4 Å². The molecule has 0 radical (unpaired) electrons. The normalized spacial score (nSPS) is 22.3. The lowest BCUT2D eigenvalue weighted by Gasteiger charge is -2.30. The van der Waals surface area contributed by atoms with Crippen molar-refractivity contribution in [2.24, 2.45) is 5.92 Å². The van der Waals surface area contributed by atoms with Crippen molar-refractivity contribution in [1.29, 1.82) is 0 Å². The third kappa shape index (κ3) is 4.69. The lowest BCUT2D eigenvalue weighted by molar-refractivity contribution is -0.122. The van der Waals surface area contributed by atoms with Crippen molar-refractivity contribution in [1.82, 2.24) is 10.6 Å². The molecule has 2 atom stereocenters. The fourth-order valence-electron chi connectivity index (χ4n) is 2.30. The third-order valence-corrected chi connectivity index (χ3v) is 3.80. The summed E-state index contributed by atoms with van der Waals surface area (Å²) in [6.07, 6.45) is 1.37. The number of hydrogen-bond donors (Lipinski definition) is 2. The maximum absolute atomic E-state index is 11.9. The molecule has 1 aromatic rings. The quantitative estimate of drug-likeness (QED) is 0.876. The molecule has 1 aliphatic heterocycles. The molecule has 1 amide bonds. The van der Waals surface area contributed by atoms with Crippen LogP contribution in [-0.2, 0) is 4.79 Å². The van der Waals surface area contributed by atoms with E-state index >= 15 is 0 Å². The van der Waals surface area contributed by atoms with E-state index in [9.17, 15) is 4.79 Å². The van der Waals surface area contributed by atoms with Gasteiger partial charge in [-0.2, -0.15) is 0 Å². The highest BCUT2D eigenvalue weighted by atomic mass is 35.5. The van der Waals surface area contributed by atoms with Crippen molar-refractivity contribution < 1.29 is 9.53 Å². The van der Waals surface area contributed by atoms with E-state index in [4.69, 9.17) is 16.3 Å². The van der Waals surface area contributed by atoms with E-state index in [0.717, 1.165) is 25.3 Å². The molecule has 0 aliphatic carbocycles. The summed E-state index contributed by atoms with van der Waals surface area (Å²) in [4.78, 5) is 11.9. The van der Waals surface area contributed by atoms with Crippen LogP contribution in [0.5, 0.6) is 5.75 Å². The summed E-state index contributed by atoms with van der Waals surface area (Å²) >= 11 is 5.79. The Morgan fingerprint density at radius 2 is 2.20 bits per heavy atom. The van der Waals surface area contributed by atoms with Crippen molar-refractivity contribution in [3.8, 4) is 5.75 Å². The van der Waals surface area contributed by atoms with Crippen LogP contribution in [0.15, 0.2) is 24.3 Å². The van der Waals surface area contributed by atoms with E-state index in [1.165, 1.54) is 0 Å². The molecule has 1 fully saturated rings. The van der Waals surface area contributed by atoms with Crippen molar-refractivity contribution in [2.45, 2.75) is 25.8 Å². The summed E-state index contributed by atoms with van der Waals surface area (Å²) in [5.41, 5.74) is 0. The van der Waals surface area contributed by atoms with Gasteiger partial charge >= 0.3 is 0 Å². The van der Waals surface area contributed by atoms with Crippen LogP contribution in [0.4, 0.5) is 0 Å². The van der Waals surface area contributed by atoms with Crippen LogP contribution in [0.1, 0.15) is 19.8 Å². The van der Waals surface area contributed by atoms with Gasteiger partial charge in [-0.05, 0) is 49.7 Å². The van der Waals surface area contributed by atoms with Gasteiger partial charge in [0.2, 0.25) is 5.91 Å². The Labute approximate surface area is 124 Å². The molecule has 1 saturated heterocycles. The minimum atomic E-state index is 0.0534. The fourth-order valence-corrected chi connectivity index (χ4v) is 2.43. The predicted octanol–water partition coefficient (Wildman–Crippen LogP) is 2.22. The predicted molar refractivity (Wildman–Crippen MR) is 80.1 cm³/mol. The zero-order valence-corrected chi connectivity index (χ0v) is 12.5. The van der Waals surface area contributed by atoms with Crippen LogP contribution in [0, 0.1) is 5.92 Å². The van der Waals surface area contributed by atoms with E-state index in [1.807, 2.05) is 0 Å². The second-order valence-electron chi connectivity index (χ2n) is 5.20. The Hall–Kier alpha value is -1.26. The van der Waals surface area contributed by atoms with E-state index < -0.39 is 0 Å². The van der Waals surface area contributed by atoms with E-state index in [-0.39, 0.29) is 11.9 Å². The Morgan fingerprint density at radius 1 is 1.45 bits per heavy atom. The van der Waals surface area contributed by atoms with Gasteiger partial charge in [-0.25, -0.2) is 0 Å². The van der Waals surface area contributed by atoms with Gasteiger partial charge in [0.25, 0.3) is 0 Å². The second kappa shape index (κ2) is 7.50. The average molecular weight is 297 g/mol. The van der Waals surface area contributed by atoms with Gasteiger partial charge in [-0.3, -0.25) is 4.79 Å². The molecule has 5 heteroatoms. The van der Waals surface area contributed by atoms with Gasteiger partial charge in [0.1, 0.15) is 5.75 Å². The van der Waals surface area contributed by atoms with Crippen molar-refractivity contribution in [3.05, 3.63) is 29.3 Å². The van der Waals surface area contributed by atoms with Gasteiger partial charge in [0.05, 0.1) is 13.0 Å². The molecule has 110 valence electrons. The zero-order valence-electron chi connectivity index (χ0n) is 11.7. The molecule has 20 heavy (non-hydrogen) atoms. The maximum atomic E-state index is 11.9. The molecule has 0 saturated carbocycles. The summed E-state index contributed by atoms with van der Waals surface area (Å²) in [6, 6.07) is 7.42. The van der Waals surface area contributed by atoms with Crippen LogP contribution in [-0.4, -0.2) is 31.6 Å². The van der Waals surface area contributed by atoms with Crippen LogP contribution in [0.25, 0.3) is 0 Å². The summed E-state index contributed by atoms with van der Waals surface area (Å²) in [6.45, 7) is 4.47. The molecule has 0 bridgehead atoms. The molecule has 2 unspecified atom stereocenters. The number of hydrogen-bond acceptors (Lipinski definition) is 3. The molecule has 2 N–H and O–H groups in total. The first-order valence-electron chi connectivity index (χ1n) is 7.03. The second-order valence-corrected chi connectivity index (χ2v) is 5.63. The fraction of sp³-hybridized carbons (Fsp3) is 0.533. The van der Waals surface area contributed by atoms with Crippen LogP contribution >= 0.6 is 11.6 Å². The molecular weight excluding hydrogens is 276 g/mol. The number of benzene rings is 1. The van der Waals surface area contributed by atoms with Crippen molar-refractivity contribution in [2.75, 3.05) is 19.7 Å². The lowest BCUT2D eigenvalue weighted by Crippen LogP contribution is -2.48. The first-order valence-corrected chi connectivity index (χ1v) is 7.41. The number of ether oxygens (including phenoxy) is 1. The first-order chi connectivity index (χ1) is 9.65. The molecule has 1 heterocycles. The summed E-state index contributed by atoms with van der Waals surface area (Å²) in [5.74, 6) is 1.26. The highest BCUT2D eigenvalue weighted by molar-refractivity contribution is 6.30. The largest absolute Gasteiger partial charge is 0.493 e. The smallest absolute Gasteiger partial charge is 0.223 e. The molecule has 4 nitrogen and oxygen atoms in total.